The fourth-order valence-electron chi connectivity index (χ4n) is 3.65. The Kier molecular flexibility index (Phi) is 5.56. The molecule has 0 saturated carbocycles. The van der Waals surface area contributed by atoms with Gasteiger partial charge in [0, 0.05) is 44.2 Å². The lowest BCUT2D eigenvalue weighted by molar-refractivity contribution is -0.121. The number of likely N-dealkylation sites (tertiary alicyclic amines) is 1. The summed E-state index contributed by atoms with van der Waals surface area (Å²) in [5.74, 6) is -0.497. The van der Waals surface area contributed by atoms with Crippen LogP contribution in [0.5, 0.6) is 0 Å². The molecule has 0 radical (unpaired) electrons. The zero-order valence-electron chi connectivity index (χ0n) is 14.8. The highest BCUT2D eigenvalue weighted by molar-refractivity contribution is 5.94. The Morgan fingerprint density at radius 3 is 2.64 bits per heavy atom. The molecular weight excluding hydrogens is 321 g/mol. The Morgan fingerprint density at radius 1 is 1.20 bits per heavy atom. The summed E-state index contributed by atoms with van der Waals surface area (Å²) in [7, 11) is 0. The number of benzene rings is 1. The molecule has 1 aromatic carbocycles. The van der Waals surface area contributed by atoms with Gasteiger partial charge in [0.2, 0.25) is 5.91 Å². The SMILES string of the molecule is CCC(=O)N[C@H]1CCCN(C(=O)c2ccc(N3CCCC3)c(F)c2)C1. The zero-order valence-corrected chi connectivity index (χ0v) is 14.8. The van der Waals surface area contributed by atoms with Crippen LogP contribution in [0.25, 0.3) is 0 Å². The largest absolute Gasteiger partial charge is 0.369 e. The lowest BCUT2D eigenvalue weighted by atomic mass is 10.0. The molecule has 2 aliphatic rings. The minimum absolute atomic E-state index is 0.000287. The van der Waals surface area contributed by atoms with Crippen LogP contribution < -0.4 is 10.2 Å². The molecule has 1 atom stereocenters. The highest BCUT2D eigenvalue weighted by Crippen LogP contribution is 2.25. The van der Waals surface area contributed by atoms with E-state index in [2.05, 4.69) is 5.32 Å². The highest BCUT2D eigenvalue weighted by Gasteiger charge is 2.26. The first-order valence-corrected chi connectivity index (χ1v) is 9.21. The summed E-state index contributed by atoms with van der Waals surface area (Å²) in [4.78, 5) is 28.0. The van der Waals surface area contributed by atoms with Gasteiger partial charge >= 0.3 is 0 Å². The minimum atomic E-state index is -0.333. The Hall–Kier alpha value is -2.11. The molecule has 1 aromatic rings. The number of piperidine rings is 1. The fourth-order valence-corrected chi connectivity index (χ4v) is 3.65. The van der Waals surface area contributed by atoms with E-state index in [1.54, 1.807) is 17.0 Å². The predicted molar refractivity (Wildman–Crippen MR) is 95.2 cm³/mol. The van der Waals surface area contributed by atoms with Gasteiger partial charge in [-0.2, -0.15) is 0 Å². The van der Waals surface area contributed by atoms with Crippen molar-refractivity contribution in [1.29, 1.82) is 0 Å². The third kappa shape index (κ3) is 4.11. The maximum atomic E-state index is 14.5. The predicted octanol–water partition coefficient (Wildman–Crippen LogP) is 2.56. The summed E-state index contributed by atoms with van der Waals surface area (Å²) in [5.41, 5.74) is 0.962. The van der Waals surface area contributed by atoms with Crippen molar-refractivity contribution in [2.24, 2.45) is 0 Å². The highest BCUT2D eigenvalue weighted by atomic mass is 19.1. The molecule has 136 valence electrons. The molecule has 6 heteroatoms. The van der Waals surface area contributed by atoms with Crippen LogP contribution >= 0.6 is 0 Å². The van der Waals surface area contributed by atoms with Crippen LogP contribution in [0.15, 0.2) is 18.2 Å². The topological polar surface area (TPSA) is 52.7 Å². The van der Waals surface area contributed by atoms with Crippen LogP contribution in [0, 0.1) is 5.82 Å². The molecule has 0 unspecified atom stereocenters. The van der Waals surface area contributed by atoms with E-state index in [0.717, 1.165) is 38.8 Å². The molecule has 1 N–H and O–H groups in total. The molecule has 2 fully saturated rings. The van der Waals surface area contributed by atoms with Crippen molar-refractivity contribution in [2.45, 2.75) is 45.1 Å². The number of carbonyl (C=O) groups is 2. The maximum Gasteiger partial charge on any atom is 0.254 e. The molecule has 0 spiro atoms. The second-order valence-electron chi connectivity index (χ2n) is 6.87. The van der Waals surface area contributed by atoms with Gasteiger partial charge < -0.3 is 15.1 Å². The van der Waals surface area contributed by atoms with E-state index in [-0.39, 0.29) is 23.7 Å². The Labute approximate surface area is 148 Å². The van der Waals surface area contributed by atoms with E-state index < -0.39 is 0 Å². The molecule has 2 amide bonds. The second-order valence-corrected chi connectivity index (χ2v) is 6.87. The van der Waals surface area contributed by atoms with E-state index in [9.17, 15) is 14.0 Å². The molecule has 2 heterocycles. The lowest BCUT2D eigenvalue weighted by Crippen LogP contribution is -2.49. The average Bonchev–Trinajstić information content (AvgIpc) is 3.15. The molecule has 0 bridgehead atoms. The summed E-state index contributed by atoms with van der Waals surface area (Å²) in [6.45, 7) is 4.68. The number of carbonyl (C=O) groups excluding carboxylic acids is 2. The summed E-state index contributed by atoms with van der Waals surface area (Å²) in [6.07, 6.45) is 4.32. The van der Waals surface area contributed by atoms with Crippen LogP contribution in [-0.2, 0) is 4.79 Å². The van der Waals surface area contributed by atoms with E-state index in [0.29, 0.717) is 30.8 Å². The van der Waals surface area contributed by atoms with E-state index in [1.165, 1.54) is 6.07 Å². The van der Waals surface area contributed by atoms with E-state index >= 15 is 0 Å². The quantitative estimate of drug-likeness (QED) is 0.911. The van der Waals surface area contributed by atoms with Crippen molar-refractivity contribution in [3.8, 4) is 0 Å². The first kappa shape index (κ1) is 17.7. The minimum Gasteiger partial charge on any atom is -0.369 e. The van der Waals surface area contributed by atoms with Crippen LogP contribution in [-0.4, -0.2) is 48.9 Å². The van der Waals surface area contributed by atoms with Gasteiger partial charge in [0.1, 0.15) is 5.82 Å². The monoisotopic (exact) mass is 347 g/mol. The molecule has 5 nitrogen and oxygen atoms in total. The van der Waals surface area contributed by atoms with Crippen molar-refractivity contribution < 1.29 is 14.0 Å². The number of amides is 2. The average molecular weight is 347 g/mol. The standard InChI is InChI=1S/C19H26FN3O2/c1-2-18(24)21-15-6-5-11-23(13-15)19(25)14-7-8-17(16(20)12-14)22-9-3-4-10-22/h7-8,12,15H,2-6,9-11,13H2,1H3,(H,21,24)/t15-/m0/s1. The van der Waals surface area contributed by atoms with Crippen molar-refractivity contribution >= 4 is 17.5 Å². The molecule has 2 aliphatic heterocycles. The van der Waals surface area contributed by atoms with Gasteiger partial charge in [-0.05, 0) is 43.9 Å². The molecule has 0 aromatic heterocycles. The van der Waals surface area contributed by atoms with Crippen molar-refractivity contribution in [3.05, 3.63) is 29.6 Å². The molecule has 2 saturated heterocycles. The summed E-state index contributed by atoms with van der Waals surface area (Å²) >= 11 is 0. The van der Waals surface area contributed by atoms with E-state index in [1.807, 2.05) is 11.8 Å². The van der Waals surface area contributed by atoms with Crippen molar-refractivity contribution in [3.63, 3.8) is 0 Å². The van der Waals surface area contributed by atoms with Crippen LogP contribution in [0.2, 0.25) is 0 Å². The van der Waals surface area contributed by atoms with Crippen LogP contribution in [0.4, 0.5) is 10.1 Å². The number of hydrogen-bond donors (Lipinski definition) is 1. The van der Waals surface area contributed by atoms with Gasteiger partial charge in [0.05, 0.1) is 5.69 Å². The number of nitrogens with one attached hydrogen (secondary N) is 1. The Morgan fingerprint density at radius 2 is 1.96 bits per heavy atom. The number of hydrogen-bond acceptors (Lipinski definition) is 3. The van der Waals surface area contributed by atoms with E-state index in [4.69, 9.17) is 0 Å². The van der Waals surface area contributed by atoms with Crippen molar-refractivity contribution in [2.75, 3.05) is 31.1 Å². The molecular formula is C19H26FN3O2. The van der Waals surface area contributed by atoms with Crippen LogP contribution in [0.3, 0.4) is 0 Å². The fraction of sp³-hybridized carbons (Fsp3) is 0.579. The summed E-state index contributed by atoms with van der Waals surface area (Å²) in [6, 6.07) is 4.77. The second kappa shape index (κ2) is 7.85. The molecule has 0 aliphatic carbocycles. The number of anilines is 1. The van der Waals surface area contributed by atoms with Gasteiger partial charge in [-0.1, -0.05) is 6.92 Å². The first-order chi connectivity index (χ1) is 12.1. The van der Waals surface area contributed by atoms with Crippen molar-refractivity contribution in [1.82, 2.24) is 10.2 Å². The molecule has 3 rings (SSSR count). The number of nitrogens with zero attached hydrogens (tertiary/aromatic N) is 2. The molecule has 25 heavy (non-hydrogen) atoms. The third-order valence-corrected chi connectivity index (χ3v) is 5.04. The lowest BCUT2D eigenvalue weighted by Gasteiger charge is -2.33. The first-order valence-electron chi connectivity index (χ1n) is 9.21. The maximum absolute atomic E-state index is 14.5. The van der Waals surface area contributed by atoms with Gasteiger partial charge in [0.25, 0.3) is 5.91 Å². The summed E-state index contributed by atoms with van der Waals surface area (Å²) < 4.78 is 14.5. The van der Waals surface area contributed by atoms with Gasteiger partial charge in [0.15, 0.2) is 0 Å². The van der Waals surface area contributed by atoms with Gasteiger partial charge in [-0.15, -0.1) is 0 Å². The van der Waals surface area contributed by atoms with Gasteiger partial charge in [-0.3, -0.25) is 9.59 Å². The normalized spacial score (nSPS) is 20.6. The Bertz CT molecular complexity index is 644. The summed E-state index contributed by atoms with van der Waals surface area (Å²) in [5, 5.41) is 2.95. The number of halogens is 1. The van der Waals surface area contributed by atoms with Gasteiger partial charge in [-0.25, -0.2) is 4.39 Å². The van der Waals surface area contributed by atoms with Crippen LogP contribution in [0.1, 0.15) is 49.4 Å². The Balaban J connectivity index is 1.67. The smallest absolute Gasteiger partial charge is 0.254 e. The third-order valence-electron chi connectivity index (χ3n) is 5.04. The number of rotatable bonds is 4. The zero-order chi connectivity index (χ0) is 17.8.